The van der Waals surface area contributed by atoms with Crippen LogP contribution in [0.4, 0.5) is 0 Å². The molecule has 24 heavy (non-hydrogen) atoms. The molecule has 0 aliphatic heterocycles. The molecule has 3 rings (SSSR count). The molecule has 0 saturated carbocycles. The minimum atomic E-state index is 0.295. The summed E-state index contributed by atoms with van der Waals surface area (Å²) in [6, 6.07) is 2.06. The summed E-state index contributed by atoms with van der Waals surface area (Å²) in [5.41, 5.74) is 9.48. The summed E-state index contributed by atoms with van der Waals surface area (Å²) in [6.07, 6.45) is 10.6. The Bertz CT molecular complexity index is 798. The van der Waals surface area contributed by atoms with Crippen molar-refractivity contribution in [1.29, 1.82) is 0 Å². The number of rotatable bonds is 2. The van der Waals surface area contributed by atoms with Crippen LogP contribution in [0.5, 0.6) is 0 Å². The Morgan fingerprint density at radius 1 is 0.875 bits per heavy atom. The van der Waals surface area contributed by atoms with E-state index in [1.165, 1.54) is 27.8 Å². The molecule has 0 radical (unpaired) electrons. The molecule has 0 atom stereocenters. The molecule has 1 aliphatic carbocycles. The second kappa shape index (κ2) is 8.18. The van der Waals surface area contributed by atoms with Crippen LogP contribution in [-0.4, -0.2) is 9.97 Å². The van der Waals surface area contributed by atoms with E-state index in [1.807, 2.05) is 23.5 Å². The molecule has 4 heteroatoms. The molecule has 0 amide bonds. The minimum absolute atomic E-state index is 0.295. The molecule has 2 heterocycles. The van der Waals surface area contributed by atoms with Crippen LogP contribution in [0.3, 0.4) is 0 Å². The van der Waals surface area contributed by atoms with E-state index in [0.29, 0.717) is 5.92 Å². The fourth-order valence-corrected chi connectivity index (χ4v) is 3.05. The summed E-state index contributed by atoms with van der Waals surface area (Å²) in [6.45, 7) is 10.7. The fourth-order valence-electron chi connectivity index (χ4n) is 3.05. The van der Waals surface area contributed by atoms with E-state index in [1.54, 1.807) is 0 Å². The van der Waals surface area contributed by atoms with Crippen molar-refractivity contribution in [3.8, 4) is 11.4 Å². The van der Waals surface area contributed by atoms with Crippen molar-refractivity contribution in [2.24, 2.45) is 0 Å². The molecule has 2 aromatic heterocycles. The molecular formula is C20H22ClN2Rh+2. The number of aryl methyl sites for hydroxylation is 2. The maximum absolute atomic E-state index is 4.92. The van der Waals surface area contributed by atoms with Gasteiger partial charge < -0.3 is 0 Å². The molecule has 0 bridgehead atoms. The number of aromatic nitrogens is 2. The van der Waals surface area contributed by atoms with Gasteiger partial charge in [0, 0.05) is 17.8 Å². The van der Waals surface area contributed by atoms with Gasteiger partial charge in [0.2, 0.25) is 0 Å². The van der Waals surface area contributed by atoms with Crippen molar-refractivity contribution in [1.82, 2.24) is 9.97 Å². The fraction of sp³-hybridized carbons (Fsp3) is 0.300. The summed E-state index contributed by atoms with van der Waals surface area (Å²) in [7, 11) is 4.53. The summed E-state index contributed by atoms with van der Waals surface area (Å²) >= 11 is 2.02. The number of halogens is 1. The van der Waals surface area contributed by atoms with Crippen LogP contribution in [0.2, 0.25) is 0 Å². The van der Waals surface area contributed by atoms with E-state index in [0.717, 1.165) is 17.1 Å². The molecule has 2 nitrogen and oxygen atoms in total. The van der Waals surface area contributed by atoms with Gasteiger partial charge in [-0.1, -0.05) is 24.3 Å². The van der Waals surface area contributed by atoms with Gasteiger partial charge in [0.1, 0.15) is 0 Å². The Morgan fingerprint density at radius 2 is 1.50 bits per heavy atom. The Balaban J connectivity index is 0.00000100. The molecule has 0 aromatic carbocycles. The van der Waals surface area contributed by atoms with Gasteiger partial charge in [-0.05, 0) is 68.5 Å². The third kappa shape index (κ3) is 3.53. The summed E-state index contributed by atoms with van der Waals surface area (Å²) in [5, 5.41) is 0. The quantitative estimate of drug-likeness (QED) is 0.583. The third-order valence-corrected chi connectivity index (χ3v) is 4.82. The van der Waals surface area contributed by atoms with Gasteiger partial charge in [0.15, 0.2) is 0 Å². The van der Waals surface area contributed by atoms with E-state index >= 15 is 0 Å². The predicted octanol–water partition coefficient (Wildman–Crippen LogP) is 5.58. The first-order valence-electron chi connectivity index (χ1n) is 7.88. The first kappa shape index (κ1) is 19.0. The predicted molar refractivity (Wildman–Crippen MR) is 98.0 cm³/mol. The van der Waals surface area contributed by atoms with Crippen molar-refractivity contribution in [2.75, 3.05) is 0 Å². The van der Waals surface area contributed by atoms with Crippen molar-refractivity contribution < 1.29 is 17.3 Å². The zero-order valence-electron chi connectivity index (χ0n) is 14.6. The zero-order chi connectivity index (χ0) is 17.9. The van der Waals surface area contributed by atoms with Crippen LogP contribution in [0.25, 0.3) is 11.4 Å². The van der Waals surface area contributed by atoms with Crippen molar-refractivity contribution in [3.05, 3.63) is 70.1 Å². The monoisotopic (exact) mass is 428 g/mol. The normalized spacial score (nSPS) is 13.1. The van der Waals surface area contributed by atoms with Crippen LogP contribution >= 0.6 is 9.69 Å². The first-order chi connectivity index (χ1) is 11.5. The van der Waals surface area contributed by atoms with Crippen molar-refractivity contribution in [2.45, 2.75) is 40.5 Å². The van der Waals surface area contributed by atoms with E-state index in [2.05, 4.69) is 79.7 Å². The molecule has 0 saturated heterocycles. The van der Waals surface area contributed by atoms with Crippen LogP contribution in [0.1, 0.15) is 39.4 Å². The zero-order valence-corrected chi connectivity index (χ0v) is 17.0. The molecule has 0 unspecified atom stereocenters. The number of hydrogen-bond acceptors (Lipinski definition) is 2. The Morgan fingerprint density at radius 3 is 2.12 bits per heavy atom. The van der Waals surface area contributed by atoms with E-state index in [4.69, 9.17) is 4.98 Å². The second-order valence-corrected chi connectivity index (χ2v) is 6.11. The number of hydrogen-bond donors (Lipinski definition) is 0. The van der Waals surface area contributed by atoms with Crippen LogP contribution in [0.15, 0.2) is 36.6 Å². The Kier molecular flexibility index (Phi) is 6.49. The standard InChI is InChI=1S/C20H22N2.ClH.Rh/c1-12-10-11-21-19(13(12)2)20-18(17-8-6-7-9-17)15(4)14(3)16(5)22-20;;/h6-11,17H,1-5H3;1H;/q;;+3/p-1. The second-order valence-electron chi connectivity index (χ2n) is 6.11. The number of pyridine rings is 2. The summed E-state index contributed by atoms with van der Waals surface area (Å²) < 4.78 is 0. The van der Waals surface area contributed by atoms with E-state index < -0.39 is 0 Å². The van der Waals surface area contributed by atoms with Crippen LogP contribution in [-0.2, 0) is 17.3 Å². The van der Waals surface area contributed by atoms with Crippen molar-refractivity contribution in [3.63, 3.8) is 0 Å². The van der Waals surface area contributed by atoms with Gasteiger partial charge in [0.05, 0.1) is 11.4 Å². The van der Waals surface area contributed by atoms with Gasteiger partial charge in [-0.25, -0.2) is 0 Å². The van der Waals surface area contributed by atoms with E-state index in [-0.39, 0.29) is 0 Å². The van der Waals surface area contributed by atoms with Gasteiger partial charge in [-0.2, -0.15) is 0 Å². The molecule has 1 aliphatic rings. The van der Waals surface area contributed by atoms with E-state index in [9.17, 15) is 0 Å². The topological polar surface area (TPSA) is 25.8 Å². The van der Waals surface area contributed by atoms with Gasteiger partial charge in [0.25, 0.3) is 0 Å². The SMILES string of the molecule is Cc1ccnc(-c2nc(C)c(C)c(C)c2C2C=CC=C2)c1C.[Cl][Rh+2]. The van der Waals surface area contributed by atoms with Gasteiger partial charge in [-0.15, -0.1) is 0 Å². The molecule has 0 fully saturated rings. The average molecular weight is 429 g/mol. The Labute approximate surface area is 158 Å². The molecule has 0 spiro atoms. The van der Waals surface area contributed by atoms with Crippen LogP contribution in [0, 0.1) is 34.6 Å². The summed E-state index contributed by atoms with van der Waals surface area (Å²) in [4.78, 5) is 9.56. The maximum atomic E-state index is 4.92. The van der Waals surface area contributed by atoms with Gasteiger partial charge >= 0.3 is 27.0 Å². The first-order valence-corrected chi connectivity index (χ1v) is 9.99. The molecule has 126 valence electrons. The molecule has 2 aromatic rings. The Hall–Kier alpha value is -1.31. The van der Waals surface area contributed by atoms with Crippen LogP contribution < -0.4 is 0 Å². The van der Waals surface area contributed by atoms with Gasteiger partial charge in [-0.3, -0.25) is 9.97 Å². The molecular weight excluding hydrogens is 407 g/mol. The van der Waals surface area contributed by atoms with Crippen molar-refractivity contribution >= 4 is 9.69 Å². The number of nitrogens with zero attached hydrogens (tertiary/aromatic N) is 2. The third-order valence-electron chi connectivity index (χ3n) is 4.82. The summed E-state index contributed by atoms with van der Waals surface area (Å²) in [5.74, 6) is 0.295. The average Bonchev–Trinajstić information content (AvgIpc) is 3.11. The molecule has 0 N–H and O–H groups in total. The number of allylic oxidation sites excluding steroid dienone is 4.